The van der Waals surface area contributed by atoms with Crippen molar-refractivity contribution in [3.05, 3.63) is 0 Å². The Balaban J connectivity index is 1.76. The number of epoxide rings is 1. The predicted molar refractivity (Wildman–Crippen MR) is 65.3 cm³/mol. The van der Waals surface area contributed by atoms with Crippen molar-refractivity contribution < 1.29 is 19.1 Å². The lowest BCUT2D eigenvalue weighted by molar-refractivity contribution is -0.108. The minimum absolute atomic E-state index is 0.0864. The summed E-state index contributed by atoms with van der Waals surface area (Å²) >= 11 is 0. The fraction of sp³-hybridized carbons (Fsp3) is 0.846. The highest BCUT2D eigenvalue weighted by Crippen LogP contribution is 2.34. The maximum absolute atomic E-state index is 11.8. The molecule has 2 rings (SSSR count). The molecule has 0 bridgehead atoms. The first-order valence-corrected chi connectivity index (χ1v) is 6.49. The number of ether oxygens (including phenoxy) is 2. The molecule has 2 aliphatic rings. The van der Waals surface area contributed by atoms with Crippen LogP contribution < -0.4 is 0 Å². The highest BCUT2D eigenvalue weighted by molar-refractivity contribution is 5.68. The van der Waals surface area contributed by atoms with Crippen molar-refractivity contribution in [3.63, 3.8) is 0 Å². The zero-order valence-corrected chi connectivity index (χ0v) is 11.2. The number of nitrogens with zero attached hydrogens (tertiary/aromatic N) is 1. The molecule has 18 heavy (non-hydrogen) atoms. The van der Waals surface area contributed by atoms with E-state index in [9.17, 15) is 9.59 Å². The lowest BCUT2D eigenvalue weighted by atomic mass is 9.92. The second kappa shape index (κ2) is 4.88. The molecule has 2 heterocycles. The third-order valence-corrected chi connectivity index (χ3v) is 3.35. The zero-order chi connectivity index (χ0) is 13.3. The van der Waals surface area contributed by atoms with Crippen molar-refractivity contribution in [2.45, 2.75) is 51.4 Å². The lowest BCUT2D eigenvalue weighted by Crippen LogP contribution is -2.42. The van der Waals surface area contributed by atoms with Crippen molar-refractivity contribution in [3.8, 4) is 0 Å². The molecule has 5 heteroatoms. The molecule has 0 radical (unpaired) electrons. The topological polar surface area (TPSA) is 59.1 Å². The number of aldehydes is 1. The van der Waals surface area contributed by atoms with Gasteiger partial charge >= 0.3 is 6.09 Å². The maximum Gasteiger partial charge on any atom is 0.410 e. The lowest BCUT2D eigenvalue weighted by Gasteiger charge is -2.32. The van der Waals surface area contributed by atoms with Gasteiger partial charge in [-0.2, -0.15) is 0 Å². The van der Waals surface area contributed by atoms with Crippen LogP contribution in [-0.4, -0.2) is 48.2 Å². The fourth-order valence-corrected chi connectivity index (χ4v) is 2.36. The highest BCUT2D eigenvalue weighted by atomic mass is 16.6. The van der Waals surface area contributed by atoms with E-state index in [1.54, 1.807) is 4.90 Å². The van der Waals surface area contributed by atoms with Crippen LogP contribution in [0, 0.1) is 5.92 Å². The van der Waals surface area contributed by atoms with E-state index in [0.717, 1.165) is 19.1 Å². The average molecular weight is 255 g/mol. The minimum Gasteiger partial charge on any atom is -0.444 e. The van der Waals surface area contributed by atoms with Crippen LogP contribution in [0.5, 0.6) is 0 Å². The van der Waals surface area contributed by atoms with E-state index < -0.39 is 5.60 Å². The summed E-state index contributed by atoms with van der Waals surface area (Å²) in [5.41, 5.74) is -0.448. The molecule has 2 fully saturated rings. The van der Waals surface area contributed by atoms with Gasteiger partial charge in [0.2, 0.25) is 0 Å². The van der Waals surface area contributed by atoms with Gasteiger partial charge in [-0.1, -0.05) is 0 Å². The largest absolute Gasteiger partial charge is 0.444 e. The minimum atomic E-state index is -0.448. The standard InChI is InChI=1S/C13H21NO4/c1-13(2,3)18-12(16)14-6-4-9(5-7-14)11-10(8-15)17-11/h8-11H,4-7H2,1-3H3/t10-,11-/m0/s1. The average Bonchev–Trinajstić information content (AvgIpc) is 3.06. The predicted octanol–water partition coefficient (Wildman–Crippen LogP) is 1.60. The van der Waals surface area contributed by atoms with E-state index in [4.69, 9.17) is 9.47 Å². The van der Waals surface area contributed by atoms with E-state index in [-0.39, 0.29) is 18.3 Å². The van der Waals surface area contributed by atoms with E-state index in [1.807, 2.05) is 20.8 Å². The molecule has 0 aliphatic carbocycles. The number of carbonyl (C=O) groups is 2. The summed E-state index contributed by atoms with van der Waals surface area (Å²) in [4.78, 5) is 24.1. The van der Waals surface area contributed by atoms with Crippen LogP contribution in [0.15, 0.2) is 0 Å². The molecule has 0 unspecified atom stereocenters. The summed E-state index contributed by atoms with van der Waals surface area (Å²) in [6, 6.07) is 0. The molecule has 0 aromatic carbocycles. The van der Waals surface area contributed by atoms with Crippen molar-refractivity contribution in [1.29, 1.82) is 0 Å². The highest BCUT2D eigenvalue weighted by Gasteiger charge is 2.45. The molecule has 2 atom stereocenters. The smallest absolute Gasteiger partial charge is 0.410 e. The molecule has 0 N–H and O–H groups in total. The third-order valence-electron chi connectivity index (χ3n) is 3.35. The molecule has 0 aromatic rings. The normalized spacial score (nSPS) is 28.9. The van der Waals surface area contributed by atoms with Crippen molar-refractivity contribution >= 4 is 12.4 Å². The number of carbonyl (C=O) groups excluding carboxylic acids is 2. The van der Waals surface area contributed by atoms with Gasteiger partial charge in [-0.05, 0) is 39.5 Å². The summed E-state index contributed by atoms with van der Waals surface area (Å²) in [5.74, 6) is 0.402. The molecule has 0 saturated carbocycles. The molecule has 1 amide bonds. The second-order valence-corrected chi connectivity index (χ2v) is 6.01. The van der Waals surface area contributed by atoms with E-state index in [1.165, 1.54) is 0 Å². The number of rotatable bonds is 2. The number of piperidine rings is 1. The molecule has 0 aromatic heterocycles. The molecule has 2 aliphatic heterocycles. The Bertz CT molecular complexity index is 328. The van der Waals surface area contributed by atoms with Crippen molar-refractivity contribution in [2.24, 2.45) is 5.92 Å². The molecule has 5 nitrogen and oxygen atoms in total. The van der Waals surface area contributed by atoms with E-state index >= 15 is 0 Å². The van der Waals surface area contributed by atoms with Gasteiger partial charge in [-0.3, -0.25) is 0 Å². The first kappa shape index (κ1) is 13.3. The van der Waals surface area contributed by atoms with Gasteiger partial charge in [0.1, 0.15) is 11.7 Å². The first-order valence-electron chi connectivity index (χ1n) is 6.49. The first-order chi connectivity index (χ1) is 8.40. The summed E-state index contributed by atoms with van der Waals surface area (Å²) in [7, 11) is 0. The zero-order valence-electron chi connectivity index (χ0n) is 11.2. The number of hydrogen-bond donors (Lipinski definition) is 0. The van der Waals surface area contributed by atoms with E-state index in [0.29, 0.717) is 19.0 Å². The van der Waals surface area contributed by atoms with Gasteiger partial charge in [0, 0.05) is 13.1 Å². The Morgan fingerprint density at radius 3 is 2.39 bits per heavy atom. The number of likely N-dealkylation sites (tertiary alicyclic amines) is 1. The Kier molecular flexibility index (Phi) is 3.61. The van der Waals surface area contributed by atoms with Crippen molar-refractivity contribution in [2.75, 3.05) is 13.1 Å². The quantitative estimate of drug-likeness (QED) is 0.555. The van der Waals surface area contributed by atoms with E-state index in [2.05, 4.69) is 0 Å². The van der Waals surface area contributed by atoms with Crippen molar-refractivity contribution in [1.82, 2.24) is 4.90 Å². The van der Waals surface area contributed by atoms with Gasteiger partial charge in [0.25, 0.3) is 0 Å². The summed E-state index contributed by atoms with van der Waals surface area (Å²) in [5, 5.41) is 0. The number of amides is 1. The van der Waals surface area contributed by atoms with Crippen LogP contribution in [-0.2, 0) is 14.3 Å². The summed E-state index contributed by atoms with van der Waals surface area (Å²) < 4.78 is 10.6. The van der Waals surface area contributed by atoms with Gasteiger partial charge in [0.05, 0.1) is 6.10 Å². The maximum atomic E-state index is 11.8. The van der Waals surface area contributed by atoms with Crippen LogP contribution in [0.4, 0.5) is 4.79 Å². The van der Waals surface area contributed by atoms with Gasteiger partial charge in [-0.25, -0.2) is 4.79 Å². The van der Waals surface area contributed by atoms with Crippen LogP contribution in [0.3, 0.4) is 0 Å². The van der Waals surface area contributed by atoms with Gasteiger partial charge in [-0.15, -0.1) is 0 Å². The molecule has 102 valence electrons. The van der Waals surface area contributed by atoms with Gasteiger partial charge in [0.15, 0.2) is 6.29 Å². The Morgan fingerprint density at radius 1 is 1.33 bits per heavy atom. The Morgan fingerprint density at radius 2 is 1.94 bits per heavy atom. The Labute approximate surface area is 107 Å². The second-order valence-electron chi connectivity index (χ2n) is 6.01. The fourth-order valence-electron chi connectivity index (χ4n) is 2.36. The van der Waals surface area contributed by atoms with Crippen LogP contribution in [0.25, 0.3) is 0 Å². The Hall–Kier alpha value is -1.10. The SMILES string of the molecule is CC(C)(C)OC(=O)N1CCC([C@@H]2O[C@H]2C=O)CC1. The van der Waals surface area contributed by atoms with Crippen LogP contribution >= 0.6 is 0 Å². The summed E-state index contributed by atoms with van der Waals surface area (Å²) in [6.45, 7) is 6.97. The molecule has 2 saturated heterocycles. The summed E-state index contributed by atoms with van der Waals surface area (Å²) in [6.07, 6.45) is 2.27. The molecular formula is C13H21NO4. The molecule has 0 spiro atoms. The van der Waals surface area contributed by atoms with Crippen LogP contribution in [0.2, 0.25) is 0 Å². The van der Waals surface area contributed by atoms with Gasteiger partial charge < -0.3 is 19.2 Å². The number of hydrogen-bond acceptors (Lipinski definition) is 4. The molecular weight excluding hydrogens is 234 g/mol. The van der Waals surface area contributed by atoms with Crippen LogP contribution in [0.1, 0.15) is 33.6 Å². The monoisotopic (exact) mass is 255 g/mol. The third kappa shape index (κ3) is 3.22.